The first-order chi connectivity index (χ1) is 13.3. The molecule has 4 aromatic rings. The van der Waals surface area contributed by atoms with Crippen LogP contribution in [-0.4, -0.2) is 17.4 Å². The fourth-order valence-corrected chi connectivity index (χ4v) is 3.31. The molecule has 0 unspecified atom stereocenters. The van der Waals surface area contributed by atoms with E-state index < -0.39 is 0 Å². The molecule has 4 nitrogen and oxygen atoms in total. The second-order valence-electron chi connectivity index (χ2n) is 6.53. The molecule has 0 fully saturated rings. The number of para-hydroxylation sites is 2. The van der Waals surface area contributed by atoms with E-state index in [0.29, 0.717) is 12.1 Å². The Bertz CT molecular complexity index is 1040. The largest absolute Gasteiger partial charge is 0.351 e. The number of hydrogen-bond donors (Lipinski definition) is 2. The molecule has 0 atom stereocenters. The van der Waals surface area contributed by atoms with Crippen molar-refractivity contribution in [3.05, 3.63) is 102 Å². The van der Waals surface area contributed by atoms with Gasteiger partial charge in [-0.1, -0.05) is 60.7 Å². The summed E-state index contributed by atoms with van der Waals surface area (Å²) in [4.78, 5) is 15.8. The lowest BCUT2D eigenvalue weighted by molar-refractivity contribution is -0.669. The van der Waals surface area contributed by atoms with Gasteiger partial charge in [0, 0.05) is 12.1 Å². The molecule has 27 heavy (non-hydrogen) atoms. The molecular weight excluding hydrogens is 334 g/mol. The maximum absolute atomic E-state index is 12.3. The Labute approximate surface area is 158 Å². The van der Waals surface area contributed by atoms with Crippen LogP contribution in [0.1, 0.15) is 21.7 Å². The van der Waals surface area contributed by atoms with E-state index in [9.17, 15) is 4.79 Å². The first kappa shape index (κ1) is 17.0. The van der Waals surface area contributed by atoms with E-state index in [1.165, 1.54) is 11.1 Å². The van der Waals surface area contributed by atoms with Crippen molar-refractivity contribution in [2.24, 2.45) is 0 Å². The van der Waals surface area contributed by atoms with E-state index in [1.807, 2.05) is 42.5 Å². The van der Waals surface area contributed by atoms with Crippen LogP contribution < -0.4 is 9.88 Å². The number of aromatic nitrogens is 2. The number of carbonyl (C=O) groups is 1. The lowest BCUT2D eigenvalue weighted by Gasteiger charge is -2.05. The van der Waals surface area contributed by atoms with Crippen LogP contribution in [0.5, 0.6) is 0 Å². The summed E-state index contributed by atoms with van der Waals surface area (Å²) in [5.41, 5.74) is 4.22. The molecule has 4 heteroatoms. The van der Waals surface area contributed by atoms with Crippen LogP contribution in [0.15, 0.2) is 84.9 Å². The Balaban J connectivity index is 1.52. The molecular formula is C23H22N3O+. The number of carbonyl (C=O) groups excluding carboxylic acids is 1. The van der Waals surface area contributed by atoms with Crippen molar-refractivity contribution in [3.63, 3.8) is 0 Å². The third-order valence-electron chi connectivity index (χ3n) is 4.67. The molecule has 2 N–H and O–H groups in total. The van der Waals surface area contributed by atoms with Crippen molar-refractivity contribution in [1.29, 1.82) is 0 Å². The van der Waals surface area contributed by atoms with Gasteiger partial charge in [0.2, 0.25) is 0 Å². The van der Waals surface area contributed by atoms with Gasteiger partial charge < -0.3 is 5.32 Å². The minimum Gasteiger partial charge on any atom is -0.351 e. The molecule has 0 aliphatic heterocycles. The number of rotatable bonds is 6. The highest BCUT2D eigenvalue weighted by molar-refractivity contribution is 5.94. The Morgan fingerprint density at radius 2 is 1.52 bits per heavy atom. The standard InChI is InChI=1S/C23H21N3O/c27-23(19-11-5-2-6-12-19)24-16-15-22-25-20-13-7-8-14-21(20)26(22)17-18-9-3-1-4-10-18/h1-14H,15-17H2,(H,24,27)/p+1. The highest BCUT2D eigenvalue weighted by Gasteiger charge is 2.18. The normalized spacial score (nSPS) is 10.8. The van der Waals surface area contributed by atoms with Gasteiger partial charge in [0.25, 0.3) is 11.7 Å². The predicted molar refractivity (Wildman–Crippen MR) is 107 cm³/mol. The first-order valence-corrected chi connectivity index (χ1v) is 9.18. The molecule has 4 rings (SSSR count). The monoisotopic (exact) mass is 356 g/mol. The third kappa shape index (κ3) is 3.90. The molecule has 3 aromatic carbocycles. The summed E-state index contributed by atoms with van der Waals surface area (Å²) in [7, 11) is 0. The number of aromatic amines is 1. The zero-order chi connectivity index (χ0) is 18.5. The van der Waals surface area contributed by atoms with Crippen molar-refractivity contribution in [2.75, 3.05) is 6.54 Å². The van der Waals surface area contributed by atoms with Crippen LogP contribution in [0.4, 0.5) is 0 Å². The number of nitrogens with one attached hydrogen (secondary N) is 2. The number of fused-ring (bicyclic) bond motifs is 1. The summed E-state index contributed by atoms with van der Waals surface area (Å²) in [6.45, 7) is 1.38. The van der Waals surface area contributed by atoms with Gasteiger partial charge in [0.1, 0.15) is 6.54 Å². The molecule has 0 aliphatic rings. The molecule has 0 saturated heterocycles. The van der Waals surface area contributed by atoms with Gasteiger partial charge in [0.05, 0.1) is 6.42 Å². The number of amides is 1. The Morgan fingerprint density at radius 3 is 2.30 bits per heavy atom. The summed E-state index contributed by atoms with van der Waals surface area (Å²) in [6, 6.07) is 28.0. The number of H-pyrrole nitrogens is 1. The van der Waals surface area contributed by atoms with Gasteiger partial charge in [-0.3, -0.25) is 4.79 Å². The SMILES string of the molecule is O=C(NCCc1[nH]c2ccccc2[n+]1Cc1ccccc1)c1ccccc1. The van der Waals surface area contributed by atoms with E-state index in [4.69, 9.17) is 0 Å². The summed E-state index contributed by atoms with van der Waals surface area (Å²) >= 11 is 0. The van der Waals surface area contributed by atoms with E-state index in [-0.39, 0.29) is 5.91 Å². The molecule has 1 aromatic heterocycles. The fraction of sp³-hybridized carbons (Fsp3) is 0.130. The molecule has 1 heterocycles. The first-order valence-electron chi connectivity index (χ1n) is 9.18. The van der Waals surface area contributed by atoms with Gasteiger partial charge in [-0.15, -0.1) is 0 Å². The summed E-state index contributed by atoms with van der Waals surface area (Å²) in [5, 5.41) is 3.01. The van der Waals surface area contributed by atoms with E-state index in [2.05, 4.69) is 57.3 Å². The van der Waals surface area contributed by atoms with Crippen molar-refractivity contribution in [3.8, 4) is 0 Å². The molecule has 0 radical (unpaired) electrons. The minimum absolute atomic E-state index is 0.0404. The maximum atomic E-state index is 12.3. The lowest BCUT2D eigenvalue weighted by Crippen LogP contribution is -2.39. The Kier molecular flexibility index (Phi) is 4.97. The van der Waals surface area contributed by atoms with E-state index in [1.54, 1.807) is 0 Å². The molecule has 0 bridgehead atoms. The number of benzene rings is 3. The predicted octanol–water partition coefficient (Wildman–Crippen LogP) is 3.48. The topological polar surface area (TPSA) is 48.8 Å². The van der Waals surface area contributed by atoms with Gasteiger partial charge in [-0.2, -0.15) is 0 Å². The Hall–Kier alpha value is -3.40. The Morgan fingerprint density at radius 1 is 0.852 bits per heavy atom. The lowest BCUT2D eigenvalue weighted by atomic mass is 10.2. The molecule has 0 spiro atoms. The third-order valence-corrected chi connectivity index (χ3v) is 4.67. The van der Waals surface area contributed by atoms with Crippen LogP contribution in [0.2, 0.25) is 0 Å². The molecule has 0 saturated carbocycles. The zero-order valence-electron chi connectivity index (χ0n) is 15.1. The number of nitrogens with zero attached hydrogens (tertiary/aromatic N) is 1. The van der Waals surface area contributed by atoms with Crippen LogP contribution in [0.3, 0.4) is 0 Å². The number of imidazole rings is 1. The van der Waals surface area contributed by atoms with Gasteiger partial charge in [0.15, 0.2) is 11.0 Å². The maximum Gasteiger partial charge on any atom is 0.257 e. The molecule has 0 aliphatic carbocycles. The van der Waals surface area contributed by atoms with Crippen LogP contribution in [-0.2, 0) is 13.0 Å². The van der Waals surface area contributed by atoms with Crippen molar-refractivity contribution >= 4 is 16.9 Å². The van der Waals surface area contributed by atoms with Crippen molar-refractivity contribution in [1.82, 2.24) is 10.3 Å². The average Bonchev–Trinajstić information content (AvgIpc) is 3.07. The zero-order valence-corrected chi connectivity index (χ0v) is 15.1. The fourth-order valence-electron chi connectivity index (χ4n) is 3.31. The highest BCUT2D eigenvalue weighted by atomic mass is 16.1. The van der Waals surface area contributed by atoms with E-state index in [0.717, 1.165) is 24.3 Å². The van der Waals surface area contributed by atoms with Crippen molar-refractivity contribution in [2.45, 2.75) is 13.0 Å². The molecule has 134 valence electrons. The highest BCUT2D eigenvalue weighted by Crippen LogP contribution is 2.11. The van der Waals surface area contributed by atoms with Crippen molar-refractivity contribution < 1.29 is 9.36 Å². The summed E-state index contributed by atoms with van der Waals surface area (Å²) < 4.78 is 2.29. The summed E-state index contributed by atoms with van der Waals surface area (Å²) in [5.74, 6) is 1.06. The smallest absolute Gasteiger partial charge is 0.257 e. The quantitative estimate of drug-likeness (QED) is 0.511. The average molecular weight is 356 g/mol. The molecule has 1 amide bonds. The van der Waals surface area contributed by atoms with Crippen LogP contribution in [0.25, 0.3) is 11.0 Å². The van der Waals surface area contributed by atoms with Crippen LogP contribution >= 0.6 is 0 Å². The van der Waals surface area contributed by atoms with E-state index >= 15 is 0 Å². The van der Waals surface area contributed by atoms with Gasteiger partial charge in [-0.25, -0.2) is 9.55 Å². The second-order valence-corrected chi connectivity index (χ2v) is 6.53. The summed E-state index contributed by atoms with van der Waals surface area (Å²) in [6.07, 6.45) is 0.736. The minimum atomic E-state index is -0.0404. The second kappa shape index (κ2) is 7.87. The van der Waals surface area contributed by atoms with Crippen LogP contribution in [0, 0.1) is 0 Å². The number of hydrogen-bond acceptors (Lipinski definition) is 1. The van der Waals surface area contributed by atoms with Gasteiger partial charge in [-0.05, 0) is 29.8 Å². The van der Waals surface area contributed by atoms with Gasteiger partial charge >= 0.3 is 0 Å².